The molecule has 0 saturated carbocycles. The Labute approximate surface area is 63.4 Å². The molecule has 0 atom stereocenters. The number of hydrogen-bond donors (Lipinski definition) is 0. The first-order valence-electron chi connectivity index (χ1n) is 3.42. The van der Waals surface area contributed by atoms with Gasteiger partial charge in [-0.15, -0.1) is 0 Å². The van der Waals surface area contributed by atoms with Gasteiger partial charge in [-0.2, -0.15) is 0 Å². The van der Waals surface area contributed by atoms with Crippen LogP contribution < -0.4 is 0 Å². The molecule has 0 aromatic rings. The molecule has 0 saturated heterocycles. The predicted molar refractivity (Wildman–Crippen MR) is 44.8 cm³/mol. The van der Waals surface area contributed by atoms with E-state index in [1.165, 1.54) is 0 Å². The van der Waals surface area contributed by atoms with Gasteiger partial charge < -0.3 is 4.74 Å². The minimum atomic E-state index is -0.0913. The fraction of sp³-hybridized carbons (Fsp3) is 0.556. The maximum Gasteiger partial charge on any atom is 0.0998 e. The van der Waals surface area contributed by atoms with Crippen molar-refractivity contribution < 1.29 is 4.74 Å². The number of ether oxygens (including phenoxy) is 1. The van der Waals surface area contributed by atoms with Crippen LogP contribution in [0.1, 0.15) is 27.7 Å². The Hall–Kier alpha value is -0.720. The van der Waals surface area contributed by atoms with Crippen molar-refractivity contribution in [2.75, 3.05) is 0 Å². The second kappa shape index (κ2) is 3.45. The molecule has 58 valence electrons. The summed E-state index contributed by atoms with van der Waals surface area (Å²) in [4.78, 5) is 0. The van der Waals surface area contributed by atoms with Gasteiger partial charge in [-0.3, -0.25) is 0 Å². The van der Waals surface area contributed by atoms with Crippen LogP contribution in [0.15, 0.2) is 24.5 Å². The van der Waals surface area contributed by atoms with Crippen LogP contribution in [-0.2, 0) is 4.74 Å². The Balaban J connectivity index is 3.64. The predicted octanol–water partition coefficient (Wildman–Crippen LogP) is 2.89. The van der Waals surface area contributed by atoms with Crippen LogP contribution in [0, 0.1) is 0 Å². The third kappa shape index (κ3) is 7.28. The van der Waals surface area contributed by atoms with Crippen LogP contribution in [-0.4, -0.2) is 5.60 Å². The molecular weight excluding hydrogens is 124 g/mol. The highest BCUT2D eigenvalue weighted by Gasteiger charge is 2.06. The lowest BCUT2D eigenvalue weighted by Gasteiger charge is -2.17. The summed E-state index contributed by atoms with van der Waals surface area (Å²) in [5, 5.41) is 0. The van der Waals surface area contributed by atoms with Crippen LogP contribution in [0.4, 0.5) is 0 Å². The van der Waals surface area contributed by atoms with E-state index in [0.29, 0.717) is 0 Å². The molecule has 10 heavy (non-hydrogen) atoms. The Morgan fingerprint density at radius 2 is 1.90 bits per heavy atom. The lowest BCUT2D eigenvalue weighted by atomic mass is 10.2. The van der Waals surface area contributed by atoms with E-state index >= 15 is 0 Å². The first kappa shape index (κ1) is 9.28. The van der Waals surface area contributed by atoms with Crippen molar-refractivity contribution in [2.24, 2.45) is 0 Å². The zero-order valence-electron chi connectivity index (χ0n) is 7.27. The van der Waals surface area contributed by atoms with E-state index in [9.17, 15) is 0 Å². The third-order valence-electron chi connectivity index (χ3n) is 0.774. The van der Waals surface area contributed by atoms with Crippen LogP contribution in [0.5, 0.6) is 0 Å². The van der Waals surface area contributed by atoms with E-state index in [1.54, 1.807) is 6.26 Å². The average Bonchev–Trinajstić information content (AvgIpc) is 1.59. The first-order valence-corrected chi connectivity index (χ1v) is 3.42. The van der Waals surface area contributed by atoms with E-state index in [2.05, 4.69) is 6.58 Å². The van der Waals surface area contributed by atoms with E-state index in [4.69, 9.17) is 4.74 Å². The van der Waals surface area contributed by atoms with Crippen molar-refractivity contribution in [1.29, 1.82) is 0 Å². The average molecular weight is 140 g/mol. The second-order valence-electron chi connectivity index (χ2n) is 3.38. The molecule has 0 unspecified atom stereocenters. The fourth-order valence-corrected chi connectivity index (χ4v) is 0.354. The molecule has 0 aliphatic carbocycles. The Kier molecular flexibility index (Phi) is 3.20. The summed E-state index contributed by atoms with van der Waals surface area (Å²) in [5.41, 5.74) is 0.913. The summed E-state index contributed by atoms with van der Waals surface area (Å²) >= 11 is 0. The Bertz CT molecular complexity index is 137. The van der Waals surface area contributed by atoms with Crippen molar-refractivity contribution in [1.82, 2.24) is 0 Å². The van der Waals surface area contributed by atoms with Crippen molar-refractivity contribution in [3.63, 3.8) is 0 Å². The highest BCUT2D eigenvalue weighted by molar-refractivity contribution is 5.08. The molecule has 0 bridgehead atoms. The van der Waals surface area contributed by atoms with E-state index in [-0.39, 0.29) is 5.60 Å². The molecule has 0 spiro atoms. The minimum Gasteiger partial charge on any atom is -0.496 e. The SMILES string of the molecule is C=C(C)C=COC(C)(C)C. The monoisotopic (exact) mass is 140 g/mol. The van der Waals surface area contributed by atoms with Crippen LogP contribution >= 0.6 is 0 Å². The highest BCUT2D eigenvalue weighted by atomic mass is 16.5. The van der Waals surface area contributed by atoms with Gasteiger partial charge in [0.15, 0.2) is 0 Å². The van der Waals surface area contributed by atoms with Crippen LogP contribution in [0.2, 0.25) is 0 Å². The van der Waals surface area contributed by atoms with E-state index < -0.39 is 0 Å². The van der Waals surface area contributed by atoms with Gasteiger partial charge in [-0.25, -0.2) is 0 Å². The lowest BCUT2D eigenvalue weighted by Crippen LogP contribution is -2.15. The standard InChI is InChI=1S/C9H16O/c1-8(2)6-7-10-9(3,4)5/h6-7H,1H2,2-5H3. The topological polar surface area (TPSA) is 9.23 Å². The zero-order chi connectivity index (χ0) is 8.20. The van der Waals surface area contributed by atoms with Gasteiger partial charge in [0.1, 0.15) is 0 Å². The molecule has 1 heteroatoms. The molecule has 0 aromatic carbocycles. The summed E-state index contributed by atoms with van der Waals surface area (Å²) in [5.74, 6) is 0. The van der Waals surface area contributed by atoms with Crippen LogP contribution in [0.3, 0.4) is 0 Å². The number of hydrogen-bond acceptors (Lipinski definition) is 1. The molecule has 0 amide bonds. The molecular formula is C9H16O. The largest absolute Gasteiger partial charge is 0.496 e. The summed E-state index contributed by atoms with van der Waals surface area (Å²) in [7, 11) is 0. The molecule has 0 aliphatic heterocycles. The molecule has 0 radical (unpaired) electrons. The summed E-state index contributed by atoms with van der Waals surface area (Å²) in [6.07, 6.45) is 3.54. The summed E-state index contributed by atoms with van der Waals surface area (Å²) < 4.78 is 5.30. The molecule has 0 N–H and O–H groups in total. The van der Waals surface area contributed by atoms with E-state index in [1.807, 2.05) is 33.8 Å². The molecule has 0 fully saturated rings. The van der Waals surface area contributed by atoms with Gasteiger partial charge in [0.25, 0.3) is 0 Å². The minimum absolute atomic E-state index is 0.0913. The fourth-order valence-electron chi connectivity index (χ4n) is 0.354. The van der Waals surface area contributed by atoms with Crippen molar-refractivity contribution in [2.45, 2.75) is 33.3 Å². The number of rotatable bonds is 2. The molecule has 0 aliphatic rings. The van der Waals surface area contributed by atoms with Gasteiger partial charge in [0.2, 0.25) is 0 Å². The van der Waals surface area contributed by atoms with Crippen molar-refractivity contribution in [3.05, 3.63) is 24.5 Å². The molecule has 0 heterocycles. The van der Waals surface area contributed by atoms with E-state index in [0.717, 1.165) is 5.57 Å². The van der Waals surface area contributed by atoms with Gasteiger partial charge in [-0.1, -0.05) is 12.2 Å². The molecule has 0 rings (SSSR count). The molecule has 0 aromatic heterocycles. The smallest absolute Gasteiger partial charge is 0.0998 e. The van der Waals surface area contributed by atoms with Crippen molar-refractivity contribution >= 4 is 0 Å². The summed E-state index contributed by atoms with van der Waals surface area (Å²) in [6, 6.07) is 0. The highest BCUT2D eigenvalue weighted by Crippen LogP contribution is 2.07. The maximum absolute atomic E-state index is 5.30. The quantitative estimate of drug-likeness (QED) is 0.423. The summed E-state index contributed by atoms with van der Waals surface area (Å²) in [6.45, 7) is 11.7. The van der Waals surface area contributed by atoms with Crippen LogP contribution in [0.25, 0.3) is 0 Å². The second-order valence-corrected chi connectivity index (χ2v) is 3.38. The van der Waals surface area contributed by atoms with Gasteiger partial charge in [0.05, 0.1) is 11.9 Å². The lowest BCUT2D eigenvalue weighted by molar-refractivity contribution is 0.0766. The Morgan fingerprint density at radius 1 is 1.40 bits per heavy atom. The first-order chi connectivity index (χ1) is 4.42. The zero-order valence-corrected chi connectivity index (χ0v) is 7.27. The van der Waals surface area contributed by atoms with Gasteiger partial charge in [-0.05, 0) is 33.8 Å². The Morgan fingerprint density at radius 3 is 2.20 bits per heavy atom. The third-order valence-corrected chi connectivity index (χ3v) is 0.774. The molecule has 1 nitrogen and oxygen atoms in total. The maximum atomic E-state index is 5.30. The van der Waals surface area contributed by atoms with Gasteiger partial charge in [0, 0.05) is 0 Å². The normalized spacial score (nSPS) is 12.0. The number of allylic oxidation sites excluding steroid dienone is 2. The van der Waals surface area contributed by atoms with Gasteiger partial charge >= 0.3 is 0 Å². The van der Waals surface area contributed by atoms with Crippen molar-refractivity contribution in [3.8, 4) is 0 Å².